The molecule has 4 unspecified atom stereocenters. The Hall–Kier alpha value is -7.35. The first-order valence-electron chi connectivity index (χ1n) is 25.5. The van der Waals surface area contributed by atoms with Crippen molar-refractivity contribution in [3.05, 3.63) is 166 Å². The van der Waals surface area contributed by atoms with Crippen LogP contribution in [0.4, 0.5) is 69.3 Å². The predicted molar refractivity (Wildman–Crippen MR) is 279 cm³/mol. The zero-order valence-electron chi connectivity index (χ0n) is 45.0. The second-order valence-corrected chi connectivity index (χ2v) is 19.3. The number of piperazine rings is 2. The highest BCUT2D eigenvalue weighted by Crippen LogP contribution is 2.39. The Morgan fingerprint density at radius 1 is 0.494 bits per heavy atom. The molecule has 81 heavy (non-hydrogen) atoms. The molecule has 440 valence electrons. The monoisotopic (exact) mass is 1150 g/mol. The molecule has 2 saturated heterocycles. The summed E-state index contributed by atoms with van der Waals surface area (Å²) < 4.78 is 147. The van der Waals surface area contributed by atoms with Crippen LogP contribution in [-0.2, 0) is 32.0 Å². The number of carbonyl (C=O) groups is 4. The van der Waals surface area contributed by atoms with Gasteiger partial charge in [0.05, 0.1) is 30.8 Å². The van der Waals surface area contributed by atoms with Gasteiger partial charge in [-0.2, -0.15) is 48.3 Å². The van der Waals surface area contributed by atoms with Crippen molar-refractivity contribution in [2.45, 2.75) is 110 Å². The summed E-state index contributed by atoms with van der Waals surface area (Å²) in [7, 11) is 0. The van der Waals surface area contributed by atoms with Crippen LogP contribution in [0.5, 0.6) is 0 Å². The van der Waals surface area contributed by atoms with Crippen molar-refractivity contribution < 1.29 is 77.9 Å². The lowest BCUT2D eigenvalue weighted by Gasteiger charge is -2.46. The Morgan fingerprint density at radius 3 is 1.19 bits per heavy atom. The number of anilines is 2. The molecule has 0 aliphatic carbocycles. The minimum atomic E-state index is -5.76. The van der Waals surface area contributed by atoms with Crippen molar-refractivity contribution >= 4 is 35.3 Å². The second kappa shape index (κ2) is 27.4. The minimum absolute atomic E-state index is 0.00579. The third-order valence-electron chi connectivity index (χ3n) is 13.5. The van der Waals surface area contributed by atoms with E-state index in [2.05, 4.69) is 17.0 Å². The molecule has 0 spiro atoms. The van der Waals surface area contributed by atoms with Crippen LogP contribution in [0.25, 0.3) is 0 Å². The first kappa shape index (κ1) is 64.5. The van der Waals surface area contributed by atoms with Crippen LogP contribution in [0.15, 0.2) is 127 Å². The summed E-state index contributed by atoms with van der Waals surface area (Å²) in [5.74, 6) is -6.48. The fourth-order valence-electron chi connectivity index (χ4n) is 9.36. The summed E-state index contributed by atoms with van der Waals surface area (Å²) in [6.07, 6.45) is -15.0. The summed E-state index contributed by atoms with van der Waals surface area (Å²) in [5.41, 5.74) is 3.56. The number of nitrogens with one attached hydrogen (secondary N) is 2. The summed E-state index contributed by atoms with van der Waals surface area (Å²) in [6.45, 7) is 10.00. The number of benzene rings is 5. The molecule has 4 atom stereocenters. The van der Waals surface area contributed by atoms with Crippen LogP contribution in [0.3, 0.4) is 0 Å². The van der Waals surface area contributed by atoms with Gasteiger partial charge in [-0.15, -0.1) is 0 Å². The molecular weight excluding hydrogens is 1090 g/mol. The number of urea groups is 2. The van der Waals surface area contributed by atoms with Crippen LogP contribution < -0.4 is 20.8 Å². The lowest BCUT2D eigenvalue weighted by molar-refractivity contribution is -0.290. The lowest BCUT2D eigenvalue weighted by atomic mass is 10.1. The average Bonchev–Trinajstić information content (AvgIpc) is 3.46. The smallest absolute Gasteiger partial charge is 0.321 e. The van der Waals surface area contributed by atoms with Gasteiger partial charge in [0.2, 0.25) is 0 Å². The highest BCUT2D eigenvalue weighted by molar-refractivity contribution is 5.95. The Kier molecular flexibility index (Phi) is 21.8. The van der Waals surface area contributed by atoms with Gasteiger partial charge in [-0.1, -0.05) is 80.6 Å². The van der Waals surface area contributed by atoms with E-state index in [-0.39, 0.29) is 60.8 Å². The van der Waals surface area contributed by atoms with Crippen LogP contribution in [0.1, 0.15) is 90.1 Å². The van der Waals surface area contributed by atoms with Gasteiger partial charge in [-0.3, -0.25) is 39.6 Å². The second-order valence-electron chi connectivity index (χ2n) is 19.3. The molecule has 2 aliphatic heterocycles. The number of hydrogen-bond donors (Lipinski definition) is 4. The Labute approximate surface area is 461 Å². The summed E-state index contributed by atoms with van der Waals surface area (Å²) in [4.78, 5) is 59.3. The molecule has 25 heteroatoms. The highest BCUT2D eigenvalue weighted by Gasteiger charge is 2.59. The fourth-order valence-corrected chi connectivity index (χ4v) is 9.36. The van der Waals surface area contributed by atoms with Gasteiger partial charge < -0.3 is 9.80 Å². The molecule has 5 aromatic carbocycles. The quantitative estimate of drug-likeness (QED) is 0.0547. The normalized spacial score (nSPS) is 18.1. The summed E-state index contributed by atoms with van der Waals surface area (Å²) in [5, 5.41) is 17.6. The molecule has 4 N–H and O–H groups in total. The van der Waals surface area contributed by atoms with Crippen LogP contribution in [0.2, 0.25) is 0 Å². The molecule has 0 aromatic heterocycles. The number of hydrogen-bond acceptors (Lipinski definition) is 8. The van der Waals surface area contributed by atoms with Crippen LogP contribution in [-0.4, -0.2) is 123 Å². The number of nitrogens with zero attached hydrogens (tertiary/aromatic N) is 6. The van der Waals surface area contributed by atoms with Gasteiger partial charge >= 0.3 is 36.5 Å². The number of rotatable bonds is 12. The maximum atomic E-state index is 13.9. The number of hydroxylamine groups is 2. The summed E-state index contributed by atoms with van der Waals surface area (Å²) >= 11 is 0. The van der Waals surface area contributed by atoms with Gasteiger partial charge in [0, 0.05) is 79.4 Å². The molecule has 6 amide bonds. The van der Waals surface area contributed by atoms with E-state index in [4.69, 9.17) is 10.4 Å². The summed E-state index contributed by atoms with van der Waals surface area (Å²) in [6, 6.07) is 27.3. The van der Waals surface area contributed by atoms with Gasteiger partial charge in [0.1, 0.15) is 0 Å². The van der Waals surface area contributed by atoms with E-state index in [1.807, 2.05) is 45.9 Å². The standard InChI is InChI=1S/C29H31F3N4O3.C25H26F8N4O3.C2H6/c1-20-16-34(17-21(2)35(20)18-22-7-4-3-5-8-22)28(38)36(26-10-6-9-25(15-26)29(30,31)32)19-23-11-13-24(14-12-23)27(37)33-39;1-15-11-35(12-16(2)37(15)14-23(26,27)25(31,32)33)22(39)36(20-5-3-4-19(10-20)24(28,29)30)13-17-6-8-18(9-7-17)21(38)34-40;1-2/h3-15,20-21,39H,16-19H2,1-2H3,(H,33,37);3-10,15-16,40H,11-14H2,1-2H3,(H,34,38);1-2H3. The zero-order valence-corrected chi connectivity index (χ0v) is 45.0. The Morgan fingerprint density at radius 2 is 0.852 bits per heavy atom. The minimum Gasteiger partial charge on any atom is -0.321 e. The highest BCUT2D eigenvalue weighted by atomic mass is 19.4. The van der Waals surface area contributed by atoms with E-state index >= 15 is 0 Å². The molecule has 0 radical (unpaired) electrons. The van der Waals surface area contributed by atoms with Crippen molar-refractivity contribution in [3.63, 3.8) is 0 Å². The molecular formula is C56H63F11N8O6. The maximum Gasteiger partial charge on any atom is 0.454 e. The number of halogens is 11. The molecule has 0 bridgehead atoms. The molecule has 2 heterocycles. The largest absolute Gasteiger partial charge is 0.454 e. The molecule has 0 saturated carbocycles. The van der Waals surface area contributed by atoms with Crippen LogP contribution >= 0.6 is 0 Å². The topological polar surface area (TPSA) is 152 Å². The van der Waals surface area contributed by atoms with Crippen molar-refractivity contribution in [1.29, 1.82) is 0 Å². The Bertz CT molecular complexity index is 2850. The number of amides is 6. The number of carbonyl (C=O) groups excluding carboxylic acids is 4. The van der Waals surface area contributed by atoms with Crippen LogP contribution in [0, 0.1) is 0 Å². The van der Waals surface area contributed by atoms with Gasteiger partial charge in [0.25, 0.3) is 11.8 Å². The molecule has 7 rings (SSSR count). The van der Waals surface area contributed by atoms with Crippen molar-refractivity contribution in [1.82, 2.24) is 30.6 Å². The molecule has 2 fully saturated rings. The third-order valence-corrected chi connectivity index (χ3v) is 13.5. The van der Waals surface area contributed by atoms with Crippen molar-refractivity contribution in [2.24, 2.45) is 0 Å². The van der Waals surface area contributed by atoms with E-state index in [1.165, 1.54) is 89.3 Å². The first-order chi connectivity index (χ1) is 38.0. The Balaban J connectivity index is 0.000000289. The molecule has 2 aliphatic rings. The van der Waals surface area contributed by atoms with Gasteiger partial charge in [-0.05, 0) is 105 Å². The van der Waals surface area contributed by atoms with E-state index < -0.39 is 78.1 Å². The van der Waals surface area contributed by atoms with E-state index in [0.717, 1.165) is 46.7 Å². The lowest BCUT2D eigenvalue weighted by Crippen LogP contribution is -2.63. The first-order valence-corrected chi connectivity index (χ1v) is 25.5. The average molecular weight is 1150 g/mol. The third kappa shape index (κ3) is 16.9. The predicted octanol–water partition coefficient (Wildman–Crippen LogP) is 12.1. The number of alkyl halides is 11. The van der Waals surface area contributed by atoms with Crippen molar-refractivity contribution in [3.8, 4) is 0 Å². The molecule has 5 aromatic rings. The van der Waals surface area contributed by atoms with E-state index in [1.54, 1.807) is 22.5 Å². The van der Waals surface area contributed by atoms with E-state index in [9.17, 15) is 67.5 Å². The zero-order chi connectivity index (χ0) is 60.2. The van der Waals surface area contributed by atoms with Crippen molar-refractivity contribution in [2.75, 3.05) is 42.5 Å². The van der Waals surface area contributed by atoms with Gasteiger partial charge in [0.15, 0.2) is 0 Å². The fraction of sp³-hybridized carbons (Fsp3) is 0.393. The SMILES string of the molecule is CC.CC1CN(C(=O)N(Cc2ccc(C(=O)NO)cc2)c2cccc(C(F)(F)F)c2)CC(C)N1CC(F)(F)C(F)(F)F.CC1CN(C(=O)N(Cc2ccc(C(=O)NO)cc2)c2cccc(C(F)(F)F)c2)CC(C)N1Cc1ccccc1. The van der Waals surface area contributed by atoms with Gasteiger partial charge in [-0.25, -0.2) is 20.5 Å². The maximum absolute atomic E-state index is 13.9. The van der Waals surface area contributed by atoms with E-state index in [0.29, 0.717) is 24.2 Å². The molecule has 14 nitrogen and oxygen atoms in total.